The third-order valence-electron chi connectivity index (χ3n) is 3.57. The van der Waals surface area contributed by atoms with E-state index in [9.17, 15) is 4.79 Å². The van der Waals surface area contributed by atoms with Crippen LogP contribution in [-0.2, 0) is 9.53 Å². The molecule has 0 amide bonds. The highest BCUT2D eigenvalue weighted by atomic mass is 35.5. The van der Waals surface area contributed by atoms with Gasteiger partial charge in [0.2, 0.25) is 0 Å². The number of carbonyl (C=O) groups excluding carboxylic acids is 1. The van der Waals surface area contributed by atoms with Crippen LogP contribution in [0.25, 0.3) is 0 Å². The maximum absolute atomic E-state index is 12.1. The van der Waals surface area contributed by atoms with Gasteiger partial charge in [-0.25, -0.2) is 0 Å². The summed E-state index contributed by atoms with van der Waals surface area (Å²) in [5.41, 5.74) is 0.684. The molecule has 0 aliphatic heterocycles. The maximum Gasteiger partial charge on any atom is 0.313 e. The van der Waals surface area contributed by atoms with Crippen LogP contribution in [0, 0.1) is 0 Å². The molecule has 0 saturated carbocycles. The molecule has 2 rings (SSSR count). The van der Waals surface area contributed by atoms with Crippen molar-refractivity contribution in [2.75, 3.05) is 13.7 Å². The molecule has 0 fully saturated rings. The maximum atomic E-state index is 12.1. The van der Waals surface area contributed by atoms with Crippen LogP contribution in [0.15, 0.2) is 36.4 Å². The molecule has 0 radical (unpaired) electrons. The minimum absolute atomic E-state index is 0.352. The monoisotopic (exact) mass is 420 g/mol. The minimum Gasteiger partial charge on any atom is -0.493 e. The molecule has 1 unspecified atom stereocenters. The first-order valence-electron chi connectivity index (χ1n) is 7.52. The van der Waals surface area contributed by atoms with Gasteiger partial charge in [-0.05, 0) is 48.7 Å². The zero-order valence-corrected chi connectivity index (χ0v) is 16.4. The lowest BCUT2D eigenvalue weighted by Gasteiger charge is -2.17. The number of carbonyl (C=O) groups is 1. The molecule has 7 heteroatoms. The van der Waals surface area contributed by atoms with E-state index < -0.39 is 5.92 Å². The number of rotatable bonds is 7. The summed E-state index contributed by atoms with van der Waals surface area (Å²) in [6.45, 7) is 0.398. The fraction of sp³-hybridized carbons (Fsp3) is 0.278. The van der Waals surface area contributed by atoms with Gasteiger partial charge in [-0.1, -0.05) is 52.5 Å². The van der Waals surface area contributed by atoms with E-state index in [4.69, 9.17) is 55.9 Å². The number of methoxy groups -OCH3 is 1. The van der Waals surface area contributed by atoms with E-state index in [1.165, 1.54) is 7.11 Å². The average Bonchev–Trinajstić information content (AvgIpc) is 2.54. The molecule has 3 nitrogen and oxygen atoms in total. The Labute approximate surface area is 166 Å². The van der Waals surface area contributed by atoms with E-state index in [0.29, 0.717) is 50.9 Å². The van der Waals surface area contributed by atoms with Gasteiger partial charge in [-0.15, -0.1) is 0 Å². The van der Waals surface area contributed by atoms with Gasteiger partial charge in [0.25, 0.3) is 0 Å². The van der Waals surface area contributed by atoms with Crippen LogP contribution in [0.3, 0.4) is 0 Å². The molecular weight excluding hydrogens is 406 g/mol. The lowest BCUT2D eigenvalue weighted by atomic mass is 9.94. The zero-order chi connectivity index (χ0) is 18.4. The summed E-state index contributed by atoms with van der Waals surface area (Å²) in [7, 11) is 1.35. The summed E-state index contributed by atoms with van der Waals surface area (Å²) in [6, 6.07) is 10.0. The molecule has 0 aliphatic rings. The Kier molecular flexibility index (Phi) is 7.70. The second kappa shape index (κ2) is 9.54. The summed E-state index contributed by atoms with van der Waals surface area (Å²) in [4.78, 5) is 12.1. The molecule has 2 aromatic carbocycles. The summed E-state index contributed by atoms with van der Waals surface area (Å²) in [5, 5.41) is 1.95. The largest absolute Gasteiger partial charge is 0.493 e. The van der Waals surface area contributed by atoms with Gasteiger partial charge in [-0.3, -0.25) is 4.79 Å². The lowest BCUT2D eigenvalue weighted by molar-refractivity contribution is -0.142. The van der Waals surface area contributed by atoms with Crippen molar-refractivity contribution in [2.24, 2.45) is 0 Å². The van der Waals surface area contributed by atoms with Crippen LogP contribution in [0.1, 0.15) is 24.3 Å². The lowest BCUT2D eigenvalue weighted by Crippen LogP contribution is -2.16. The molecule has 0 N–H and O–H groups in total. The summed E-state index contributed by atoms with van der Waals surface area (Å²) in [5.74, 6) is -0.256. The van der Waals surface area contributed by atoms with Crippen molar-refractivity contribution in [3.8, 4) is 5.75 Å². The second-order valence-corrected chi connectivity index (χ2v) is 7.05. The molecule has 0 spiro atoms. The third-order valence-corrected chi connectivity index (χ3v) is 4.56. The standard InChI is InChI=1S/C18H16Cl4O3/c1-24-18(23)16(15-5-4-11(19)10-17(15)22)3-2-6-25-14-8-12(20)7-13(21)9-14/h4-5,7-10,16H,2-3,6H2,1H3. The number of halogens is 4. The highest BCUT2D eigenvalue weighted by molar-refractivity contribution is 6.35. The summed E-state index contributed by atoms with van der Waals surface area (Å²) >= 11 is 24.0. The highest BCUT2D eigenvalue weighted by Gasteiger charge is 2.23. The predicted octanol–water partition coefficient (Wildman–Crippen LogP) is 6.42. The van der Waals surface area contributed by atoms with Crippen molar-refractivity contribution in [2.45, 2.75) is 18.8 Å². The molecule has 0 aromatic heterocycles. The van der Waals surface area contributed by atoms with E-state index in [0.717, 1.165) is 0 Å². The van der Waals surface area contributed by atoms with Crippen molar-refractivity contribution in [3.05, 3.63) is 62.1 Å². The molecule has 0 heterocycles. The van der Waals surface area contributed by atoms with Crippen LogP contribution in [0.5, 0.6) is 5.75 Å². The minimum atomic E-state index is -0.485. The van der Waals surface area contributed by atoms with Crippen molar-refractivity contribution in [1.82, 2.24) is 0 Å². The van der Waals surface area contributed by atoms with E-state index in [2.05, 4.69) is 0 Å². The molecule has 0 saturated heterocycles. The topological polar surface area (TPSA) is 35.5 Å². The Morgan fingerprint density at radius 3 is 2.28 bits per heavy atom. The fourth-order valence-corrected chi connectivity index (χ4v) is 3.46. The van der Waals surface area contributed by atoms with Crippen LogP contribution in [0.4, 0.5) is 0 Å². The molecule has 1 atom stereocenters. The Morgan fingerprint density at radius 1 is 1.00 bits per heavy atom. The van der Waals surface area contributed by atoms with Crippen LogP contribution in [0.2, 0.25) is 20.1 Å². The first-order valence-corrected chi connectivity index (χ1v) is 9.03. The van der Waals surface area contributed by atoms with E-state index >= 15 is 0 Å². The van der Waals surface area contributed by atoms with Gasteiger partial charge < -0.3 is 9.47 Å². The van der Waals surface area contributed by atoms with Gasteiger partial charge >= 0.3 is 5.97 Å². The number of esters is 1. The second-order valence-electron chi connectivity index (χ2n) is 5.34. The van der Waals surface area contributed by atoms with Gasteiger partial charge in [0.1, 0.15) is 5.75 Å². The van der Waals surface area contributed by atoms with E-state index in [1.54, 1.807) is 36.4 Å². The number of ether oxygens (including phenoxy) is 2. The first kappa shape index (κ1) is 20.2. The smallest absolute Gasteiger partial charge is 0.313 e. The highest BCUT2D eigenvalue weighted by Crippen LogP contribution is 2.31. The number of benzene rings is 2. The van der Waals surface area contributed by atoms with Crippen LogP contribution in [-0.4, -0.2) is 19.7 Å². The van der Waals surface area contributed by atoms with Crippen molar-refractivity contribution < 1.29 is 14.3 Å². The Balaban J connectivity index is 1.99. The third kappa shape index (κ3) is 5.96. The Bertz CT molecular complexity index is 729. The normalized spacial score (nSPS) is 11.9. The van der Waals surface area contributed by atoms with Crippen molar-refractivity contribution in [3.63, 3.8) is 0 Å². The summed E-state index contributed by atoms with van der Waals surface area (Å²) in [6.07, 6.45) is 1.13. The van der Waals surface area contributed by atoms with E-state index in [1.807, 2.05) is 0 Å². The van der Waals surface area contributed by atoms with E-state index in [-0.39, 0.29) is 5.97 Å². The molecular formula is C18H16Cl4O3. The quantitative estimate of drug-likeness (QED) is 0.382. The average molecular weight is 422 g/mol. The van der Waals surface area contributed by atoms with Crippen molar-refractivity contribution in [1.29, 1.82) is 0 Å². The molecule has 25 heavy (non-hydrogen) atoms. The molecule has 134 valence electrons. The molecule has 0 aliphatic carbocycles. The SMILES string of the molecule is COC(=O)C(CCCOc1cc(Cl)cc(Cl)c1)c1ccc(Cl)cc1Cl. The number of hydrogen-bond donors (Lipinski definition) is 0. The first-order chi connectivity index (χ1) is 11.9. The fourth-order valence-electron chi connectivity index (χ4n) is 2.42. The number of hydrogen-bond acceptors (Lipinski definition) is 3. The van der Waals surface area contributed by atoms with Crippen LogP contribution < -0.4 is 4.74 Å². The van der Waals surface area contributed by atoms with Crippen LogP contribution >= 0.6 is 46.4 Å². The molecule has 2 aromatic rings. The van der Waals surface area contributed by atoms with Gasteiger partial charge in [-0.2, -0.15) is 0 Å². The van der Waals surface area contributed by atoms with Gasteiger partial charge in [0.05, 0.1) is 19.6 Å². The van der Waals surface area contributed by atoms with Crippen molar-refractivity contribution >= 4 is 52.4 Å². The van der Waals surface area contributed by atoms with Gasteiger partial charge in [0.15, 0.2) is 0 Å². The summed E-state index contributed by atoms with van der Waals surface area (Å²) < 4.78 is 10.5. The molecule has 0 bridgehead atoms. The zero-order valence-electron chi connectivity index (χ0n) is 13.4. The Hall–Kier alpha value is -1.13. The predicted molar refractivity (Wildman–Crippen MR) is 102 cm³/mol. The Morgan fingerprint density at radius 2 is 1.68 bits per heavy atom. The van der Waals surface area contributed by atoms with Gasteiger partial charge in [0, 0.05) is 20.1 Å².